The van der Waals surface area contributed by atoms with E-state index in [1.165, 1.54) is 13.8 Å². The van der Waals surface area contributed by atoms with Crippen molar-refractivity contribution in [1.82, 2.24) is 4.72 Å². The lowest BCUT2D eigenvalue weighted by Gasteiger charge is -2.11. The van der Waals surface area contributed by atoms with Crippen LogP contribution in [0.1, 0.15) is 20.3 Å². The average Bonchev–Trinajstić information content (AvgIpc) is 2.02. The third kappa shape index (κ3) is 4.93. The van der Waals surface area contributed by atoms with Gasteiger partial charge in [0, 0.05) is 6.42 Å². The fourth-order valence-electron chi connectivity index (χ4n) is 0.767. The van der Waals surface area contributed by atoms with Crippen molar-refractivity contribution < 1.29 is 23.1 Å². The lowest BCUT2D eigenvalue weighted by molar-refractivity contribution is -0.140. The molecule has 1 atom stereocenters. The molecule has 0 aliphatic rings. The van der Waals surface area contributed by atoms with E-state index in [1.54, 1.807) is 0 Å². The highest BCUT2D eigenvalue weighted by atomic mass is 32.2. The molecule has 2 N–H and O–H groups in total. The number of carboxylic acids is 1. The molecule has 0 saturated carbocycles. The first-order valence-electron chi connectivity index (χ1n) is 4.00. The van der Waals surface area contributed by atoms with Crippen molar-refractivity contribution in [2.45, 2.75) is 26.3 Å². The van der Waals surface area contributed by atoms with E-state index in [2.05, 4.69) is 0 Å². The number of sulfonamides is 1. The summed E-state index contributed by atoms with van der Waals surface area (Å²) in [4.78, 5) is 21.2. The summed E-state index contributed by atoms with van der Waals surface area (Å²) in [6.45, 7) is 2.59. The van der Waals surface area contributed by atoms with Crippen LogP contribution in [0.15, 0.2) is 0 Å². The van der Waals surface area contributed by atoms with Crippen molar-refractivity contribution in [2.75, 3.05) is 5.75 Å². The molecule has 0 aromatic heterocycles. The molecule has 0 aliphatic heterocycles. The summed E-state index contributed by atoms with van der Waals surface area (Å²) in [5.74, 6) is -1.94. The number of hydrogen-bond acceptors (Lipinski definition) is 4. The quantitative estimate of drug-likeness (QED) is 0.623. The number of hydrogen-bond donors (Lipinski definition) is 2. The van der Waals surface area contributed by atoms with Crippen molar-refractivity contribution in [3.05, 3.63) is 0 Å². The summed E-state index contributed by atoms with van der Waals surface area (Å²) in [5.41, 5.74) is 0. The van der Waals surface area contributed by atoms with Gasteiger partial charge in [-0.05, 0) is 13.8 Å². The smallest absolute Gasteiger partial charge is 0.322 e. The zero-order valence-corrected chi connectivity index (χ0v) is 8.80. The molecule has 0 aromatic carbocycles. The second kappa shape index (κ2) is 5.06. The first-order valence-corrected chi connectivity index (χ1v) is 5.66. The maximum Gasteiger partial charge on any atom is 0.322 e. The van der Waals surface area contributed by atoms with E-state index in [0.29, 0.717) is 0 Å². The lowest BCUT2D eigenvalue weighted by Crippen LogP contribution is -2.42. The minimum atomic E-state index is -3.59. The number of aliphatic carboxylic acids is 1. The molecule has 0 heterocycles. The maximum atomic E-state index is 11.0. The molecule has 0 amide bonds. The van der Waals surface area contributed by atoms with Crippen LogP contribution in [0.4, 0.5) is 0 Å². The van der Waals surface area contributed by atoms with Crippen LogP contribution in [0.2, 0.25) is 0 Å². The van der Waals surface area contributed by atoms with Crippen LogP contribution >= 0.6 is 0 Å². The minimum Gasteiger partial charge on any atom is -0.480 e. The molecule has 0 rings (SSSR count). The molecule has 6 nitrogen and oxygen atoms in total. The van der Waals surface area contributed by atoms with E-state index in [-0.39, 0.29) is 18.0 Å². The fraction of sp³-hybridized carbons (Fsp3) is 0.714. The third-order valence-electron chi connectivity index (χ3n) is 1.49. The first-order chi connectivity index (χ1) is 6.28. The van der Waals surface area contributed by atoms with Crippen molar-refractivity contribution >= 4 is 21.8 Å². The fourth-order valence-corrected chi connectivity index (χ4v) is 1.55. The monoisotopic (exact) mass is 223 g/mol. The first kappa shape index (κ1) is 13.1. The van der Waals surface area contributed by atoms with Crippen molar-refractivity contribution in [3.63, 3.8) is 0 Å². The van der Waals surface area contributed by atoms with Crippen LogP contribution in [0.5, 0.6) is 0 Å². The van der Waals surface area contributed by atoms with E-state index in [4.69, 9.17) is 5.11 Å². The van der Waals surface area contributed by atoms with Gasteiger partial charge in [-0.3, -0.25) is 9.59 Å². The summed E-state index contributed by atoms with van der Waals surface area (Å²) in [7, 11) is -3.59. The average molecular weight is 223 g/mol. The summed E-state index contributed by atoms with van der Waals surface area (Å²) >= 11 is 0. The van der Waals surface area contributed by atoms with Gasteiger partial charge >= 0.3 is 5.97 Å². The Hall–Kier alpha value is -0.950. The van der Waals surface area contributed by atoms with Crippen molar-refractivity contribution in [1.29, 1.82) is 0 Å². The SMILES string of the molecule is CCS(=O)(=O)NC(CC(C)=O)C(=O)O. The molecule has 0 bridgehead atoms. The number of carbonyl (C=O) groups is 2. The Morgan fingerprint density at radius 1 is 1.43 bits per heavy atom. The summed E-state index contributed by atoms with van der Waals surface area (Å²) < 4.78 is 23.9. The Balaban J connectivity index is 4.54. The lowest BCUT2D eigenvalue weighted by atomic mass is 10.2. The van der Waals surface area contributed by atoms with Gasteiger partial charge in [0.1, 0.15) is 11.8 Å². The highest BCUT2D eigenvalue weighted by molar-refractivity contribution is 7.89. The predicted molar refractivity (Wildman–Crippen MR) is 49.3 cm³/mol. The molecule has 0 spiro atoms. The Morgan fingerprint density at radius 3 is 2.21 bits per heavy atom. The number of carboxylic acid groups (broad SMARTS) is 1. The van der Waals surface area contributed by atoms with Crippen LogP contribution in [0, 0.1) is 0 Å². The number of nitrogens with one attached hydrogen (secondary N) is 1. The standard InChI is InChI=1S/C7H13NO5S/c1-3-14(12,13)8-6(7(10)11)4-5(2)9/h6,8H,3-4H2,1-2H3,(H,10,11). The number of carbonyl (C=O) groups excluding carboxylic acids is 1. The molecule has 1 unspecified atom stereocenters. The molecule has 0 fully saturated rings. The largest absolute Gasteiger partial charge is 0.480 e. The summed E-state index contributed by atoms with van der Waals surface area (Å²) in [6.07, 6.45) is -0.339. The van der Waals surface area contributed by atoms with Gasteiger partial charge in [-0.15, -0.1) is 0 Å². The van der Waals surface area contributed by atoms with Gasteiger partial charge < -0.3 is 5.11 Å². The number of rotatable bonds is 6. The van der Waals surface area contributed by atoms with E-state index < -0.39 is 22.0 Å². The molecule has 0 saturated heterocycles. The number of ketones is 1. The molecular formula is C7H13NO5S. The van der Waals surface area contributed by atoms with Crippen molar-refractivity contribution in [3.8, 4) is 0 Å². The predicted octanol–water partition coefficient (Wildman–Crippen LogP) is -0.642. The van der Waals surface area contributed by atoms with Gasteiger partial charge in [0.2, 0.25) is 10.0 Å². The molecular weight excluding hydrogens is 210 g/mol. The second-order valence-electron chi connectivity index (χ2n) is 2.82. The highest BCUT2D eigenvalue weighted by Crippen LogP contribution is 1.97. The van der Waals surface area contributed by atoms with E-state index >= 15 is 0 Å². The second-order valence-corrected chi connectivity index (χ2v) is 4.86. The maximum absolute atomic E-state index is 11.0. The Morgan fingerprint density at radius 2 is 1.93 bits per heavy atom. The zero-order chi connectivity index (χ0) is 11.4. The van der Waals surface area contributed by atoms with Crippen molar-refractivity contribution in [2.24, 2.45) is 0 Å². The van der Waals surface area contributed by atoms with Gasteiger partial charge in [0.15, 0.2) is 0 Å². The molecule has 14 heavy (non-hydrogen) atoms. The van der Waals surface area contributed by atoms with Gasteiger partial charge in [-0.2, -0.15) is 0 Å². The van der Waals surface area contributed by atoms with Crippen LogP contribution in [0.3, 0.4) is 0 Å². The summed E-state index contributed by atoms with van der Waals surface area (Å²) in [5, 5.41) is 8.60. The molecule has 82 valence electrons. The van der Waals surface area contributed by atoms with Gasteiger partial charge in [-0.25, -0.2) is 13.1 Å². The zero-order valence-electron chi connectivity index (χ0n) is 7.98. The Bertz CT molecular complexity index is 321. The van der Waals surface area contributed by atoms with E-state index in [1.807, 2.05) is 4.72 Å². The highest BCUT2D eigenvalue weighted by Gasteiger charge is 2.23. The van der Waals surface area contributed by atoms with Crippen LogP contribution < -0.4 is 4.72 Å². The van der Waals surface area contributed by atoms with Gasteiger partial charge in [0.25, 0.3) is 0 Å². The minimum absolute atomic E-state index is 0.214. The summed E-state index contributed by atoms with van der Waals surface area (Å²) in [6, 6.07) is -1.36. The van der Waals surface area contributed by atoms with Crippen LogP contribution in [0.25, 0.3) is 0 Å². The van der Waals surface area contributed by atoms with Crippen LogP contribution in [-0.4, -0.2) is 37.1 Å². The van der Waals surface area contributed by atoms with E-state index in [9.17, 15) is 18.0 Å². The third-order valence-corrected chi connectivity index (χ3v) is 2.90. The normalized spacial score (nSPS) is 13.6. The van der Waals surface area contributed by atoms with Gasteiger partial charge in [-0.1, -0.05) is 0 Å². The number of Topliss-reactive ketones (excluding diaryl/α,β-unsaturated/α-hetero) is 1. The molecule has 0 radical (unpaired) electrons. The Kier molecular flexibility index (Phi) is 4.72. The molecule has 0 aliphatic carbocycles. The Labute approximate surface area is 82.4 Å². The van der Waals surface area contributed by atoms with Gasteiger partial charge in [0.05, 0.1) is 5.75 Å². The molecule has 0 aromatic rings. The van der Waals surface area contributed by atoms with E-state index in [0.717, 1.165) is 0 Å². The van der Waals surface area contributed by atoms with Crippen LogP contribution in [-0.2, 0) is 19.6 Å². The molecule has 7 heteroatoms. The topological polar surface area (TPSA) is 101 Å².